The number of carboxylic acid groups (broad SMARTS) is 1. The molecule has 0 aliphatic heterocycles. The third kappa shape index (κ3) is 3.87. The number of nitrogens with one attached hydrogen (secondary N) is 1. The number of carboxylic acids is 1. The van der Waals surface area contributed by atoms with Gasteiger partial charge in [0, 0.05) is 0 Å². The summed E-state index contributed by atoms with van der Waals surface area (Å²) in [6.07, 6.45) is 0.176. The van der Waals surface area contributed by atoms with Crippen molar-refractivity contribution in [3.8, 4) is 11.5 Å². The Labute approximate surface area is 123 Å². The van der Waals surface area contributed by atoms with Crippen molar-refractivity contribution in [3.63, 3.8) is 0 Å². The normalized spacial score (nSPS) is 21.2. The van der Waals surface area contributed by atoms with E-state index in [1.807, 2.05) is 19.1 Å². The SMILES string of the molecule is COc1ccccc1O[C@H](C)CNC(=O)[C@@H]1C[C@H]1C(=O)O. The molecule has 0 aromatic heterocycles. The van der Waals surface area contributed by atoms with Crippen molar-refractivity contribution >= 4 is 11.9 Å². The molecule has 2 rings (SSSR count). The van der Waals surface area contributed by atoms with E-state index in [9.17, 15) is 9.59 Å². The van der Waals surface area contributed by atoms with E-state index in [0.29, 0.717) is 24.5 Å². The number of amides is 1. The van der Waals surface area contributed by atoms with Crippen LogP contribution in [0.15, 0.2) is 24.3 Å². The summed E-state index contributed by atoms with van der Waals surface area (Å²) in [5.41, 5.74) is 0. The smallest absolute Gasteiger partial charge is 0.307 e. The van der Waals surface area contributed by atoms with Gasteiger partial charge in [-0.15, -0.1) is 0 Å². The van der Waals surface area contributed by atoms with E-state index in [0.717, 1.165) is 0 Å². The van der Waals surface area contributed by atoms with Crippen LogP contribution in [-0.4, -0.2) is 36.7 Å². The molecule has 1 aliphatic carbocycles. The van der Waals surface area contributed by atoms with E-state index >= 15 is 0 Å². The number of methoxy groups -OCH3 is 1. The van der Waals surface area contributed by atoms with Crippen LogP contribution >= 0.6 is 0 Å². The van der Waals surface area contributed by atoms with E-state index in [1.54, 1.807) is 19.2 Å². The topological polar surface area (TPSA) is 84.9 Å². The van der Waals surface area contributed by atoms with Crippen LogP contribution in [0.1, 0.15) is 13.3 Å². The number of para-hydroxylation sites is 2. The van der Waals surface area contributed by atoms with Gasteiger partial charge in [0.2, 0.25) is 5.91 Å². The molecule has 1 fully saturated rings. The van der Waals surface area contributed by atoms with Crippen molar-refractivity contribution in [2.45, 2.75) is 19.4 Å². The number of carbonyl (C=O) groups excluding carboxylic acids is 1. The summed E-state index contributed by atoms with van der Waals surface area (Å²) in [7, 11) is 1.56. The second-order valence-electron chi connectivity index (χ2n) is 5.11. The first-order valence-corrected chi connectivity index (χ1v) is 6.83. The molecule has 6 heteroatoms. The predicted octanol–water partition coefficient (Wildman–Crippen LogP) is 1.30. The van der Waals surface area contributed by atoms with Gasteiger partial charge in [-0.2, -0.15) is 0 Å². The van der Waals surface area contributed by atoms with Gasteiger partial charge in [-0.3, -0.25) is 9.59 Å². The van der Waals surface area contributed by atoms with Crippen LogP contribution in [0.2, 0.25) is 0 Å². The minimum atomic E-state index is -0.909. The molecular formula is C15H19NO5. The molecule has 0 heterocycles. The molecule has 1 aromatic carbocycles. The zero-order valence-electron chi connectivity index (χ0n) is 12.0. The van der Waals surface area contributed by atoms with Gasteiger partial charge in [0.1, 0.15) is 6.10 Å². The minimum Gasteiger partial charge on any atom is -0.493 e. The molecule has 1 aromatic rings. The third-order valence-corrected chi connectivity index (χ3v) is 3.41. The van der Waals surface area contributed by atoms with Crippen molar-refractivity contribution in [1.82, 2.24) is 5.32 Å². The van der Waals surface area contributed by atoms with Gasteiger partial charge in [0.05, 0.1) is 25.5 Å². The molecule has 0 bridgehead atoms. The maximum atomic E-state index is 11.7. The summed E-state index contributed by atoms with van der Waals surface area (Å²) in [6.45, 7) is 2.15. The average molecular weight is 293 g/mol. The molecular weight excluding hydrogens is 274 g/mol. The number of rotatable bonds is 7. The molecule has 0 saturated heterocycles. The summed E-state index contributed by atoms with van der Waals surface area (Å²) in [5.74, 6) is -0.830. The lowest BCUT2D eigenvalue weighted by molar-refractivity contribution is -0.140. The molecule has 1 aliphatic rings. The van der Waals surface area contributed by atoms with Crippen LogP contribution in [-0.2, 0) is 9.59 Å². The monoisotopic (exact) mass is 293 g/mol. The molecule has 0 radical (unpaired) electrons. The number of ether oxygens (including phenoxy) is 2. The Balaban J connectivity index is 1.79. The lowest BCUT2D eigenvalue weighted by atomic mass is 10.3. The van der Waals surface area contributed by atoms with Crippen molar-refractivity contribution in [3.05, 3.63) is 24.3 Å². The van der Waals surface area contributed by atoms with Gasteiger partial charge in [0.15, 0.2) is 11.5 Å². The zero-order chi connectivity index (χ0) is 15.4. The first-order valence-electron chi connectivity index (χ1n) is 6.83. The van der Waals surface area contributed by atoms with Crippen LogP contribution in [0.25, 0.3) is 0 Å². The highest BCUT2D eigenvalue weighted by atomic mass is 16.5. The summed E-state index contributed by atoms with van der Waals surface area (Å²) in [6, 6.07) is 7.27. The zero-order valence-corrected chi connectivity index (χ0v) is 12.0. The molecule has 0 spiro atoms. The Hall–Kier alpha value is -2.24. The van der Waals surface area contributed by atoms with E-state index in [4.69, 9.17) is 14.6 Å². The molecule has 1 amide bonds. The molecule has 0 unspecified atom stereocenters. The van der Waals surface area contributed by atoms with Crippen molar-refractivity contribution in [2.24, 2.45) is 11.8 Å². The van der Waals surface area contributed by atoms with Crippen LogP contribution < -0.4 is 14.8 Å². The van der Waals surface area contributed by atoms with Crippen LogP contribution in [0, 0.1) is 11.8 Å². The van der Waals surface area contributed by atoms with Gasteiger partial charge >= 0.3 is 5.97 Å². The lowest BCUT2D eigenvalue weighted by Gasteiger charge is -2.17. The molecule has 2 N–H and O–H groups in total. The van der Waals surface area contributed by atoms with Crippen molar-refractivity contribution in [2.75, 3.05) is 13.7 Å². The quantitative estimate of drug-likeness (QED) is 0.791. The Morgan fingerprint density at radius 2 is 2.00 bits per heavy atom. The van der Waals surface area contributed by atoms with Gasteiger partial charge in [-0.25, -0.2) is 0 Å². The number of benzene rings is 1. The van der Waals surface area contributed by atoms with Gasteiger partial charge in [-0.05, 0) is 25.5 Å². The number of hydrogen-bond acceptors (Lipinski definition) is 4. The Kier molecular flexibility index (Phi) is 4.67. The summed E-state index contributed by atoms with van der Waals surface area (Å²) in [4.78, 5) is 22.5. The average Bonchev–Trinajstić information content (AvgIpc) is 3.26. The second kappa shape index (κ2) is 6.47. The highest BCUT2D eigenvalue weighted by molar-refractivity contribution is 5.89. The predicted molar refractivity (Wildman–Crippen MR) is 75.3 cm³/mol. The third-order valence-electron chi connectivity index (χ3n) is 3.41. The number of carbonyl (C=O) groups is 2. The molecule has 1 saturated carbocycles. The Morgan fingerprint density at radius 1 is 1.33 bits per heavy atom. The fraction of sp³-hybridized carbons (Fsp3) is 0.467. The second-order valence-corrected chi connectivity index (χ2v) is 5.11. The molecule has 114 valence electrons. The summed E-state index contributed by atoms with van der Waals surface area (Å²) in [5, 5.41) is 11.5. The fourth-order valence-electron chi connectivity index (χ4n) is 2.11. The maximum absolute atomic E-state index is 11.7. The molecule has 3 atom stereocenters. The maximum Gasteiger partial charge on any atom is 0.307 e. The van der Waals surface area contributed by atoms with Crippen molar-refractivity contribution < 1.29 is 24.2 Å². The van der Waals surface area contributed by atoms with Gasteiger partial charge in [-0.1, -0.05) is 12.1 Å². The number of aliphatic carboxylic acids is 1. The Bertz CT molecular complexity index is 531. The van der Waals surface area contributed by atoms with E-state index in [1.165, 1.54) is 0 Å². The fourth-order valence-corrected chi connectivity index (χ4v) is 2.11. The van der Waals surface area contributed by atoms with Crippen molar-refractivity contribution in [1.29, 1.82) is 0 Å². The molecule has 21 heavy (non-hydrogen) atoms. The van der Waals surface area contributed by atoms with Gasteiger partial charge < -0.3 is 19.9 Å². The standard InChI is InChI=1S/C15H19NO5/c1-9(21-13-6-4-3-5-12(13)20-2)8-16-14(17)10-7-11(10)15(18)19/h3-6,9-11H,7-8H2,1-2H3,(H,16,17)(H,18,19)/t9-,10-,11-/m1/s1. The largest absolute Gasteiger partial charge is 0.493 e. The first-order chi connectivity index (χ1) is 10.0. The highest BCUT2D eigenvalue weighted by Crippen LogP contribution is 2.38. The van der Waals surface area contributed by atoms with E-state index in [-0.39, 0.29) is 12.0 Å². The van der Waals surface area contributed by atoms with Crippen LogP contribution in [0.4, 0.5) is 0 Å². The minimum absolute atomic E-state index is 0.224. The first kappa shape index (κ1) is 15.2. The summed E-state index contributed by atoms with van der Waals surface area (Å²) >= 11 is 0. The van der Waals surface area contributed by atoms with Crippen LogP contribution in [0.5, 0.6) is 11.5 Å². The Morgan fingerprint density at radius 3 is 2.57 bits per heavy atom. The number of hydrogen-bond donors (Lipinski definition) is 2. The summed E-state index contributed by atoms with van der Waals surface area (Å²) < 4.78 is 10.9. The van der Waals surface area contributed by atoms with E-state index < -0.39 is 17.8 Å². The van der Waals surface area contributed by atoms with E-state index in [2.05, 4.69) is 5.32 Å². The highest BCUT2D eigenvalue weighted by Gasteiger charge is 2.48. The van der Waals surface area contributed by atoms with Crippen LogP contribution in [0.3, 0.4) is 0 Å². The lowest BCUT2D eigenvalue weighted by Crippen LogP contribution is -2.35. The molecule has 6 nitrogen and oxygen atoms in total. The van der Waals surface area contributed by atoms with Gasteiger partial charge in [0.25, 0.3) is 0 Å².